The number of aromatic amines is 1. The number of nitrogens with one attached hydrogen (secondary N) is 3. The highest BCUT2D eigenvalue weighted by Gasteiger charge is 2.31. The summed E-state index contributed by atoms with van der Waals surface area (Å²) in [6, 6.07) is 21.4. The molecule has 0 spiro atoms. The van der Waals surface area contributed by atoms with Gasteiger partial charge in [-0.1, -0.05) is 43.2 Å². The number of nitrogens with zero attached hydrogens (tertiary/aromatic N) is 6. The third-order valence-corrected chi connectivity index (χ3v) is 15.0. The fourth-order valence-electron chi connectivity index (χ4n) is 9.50. The van der Waals surface area contributed by atoms with Gasteiger partial charge in [-0.25, -0.2) is 22.8 Å². The van der Waals surface area contributed by atoms with E-state index in [9.17, 15) is 23.2 Å². The smallest absolute Gasteiger partial charge is 0.267 e. The van der Waals surface area contributed by atoms with Crippen LogP contribution in [-0.4, -0.2) is 88.9 Å². The Morgan fingerprint density at radius 2 is 1.73 bits per heavy atom. The van der Waals surface area contributed by atoms with Gasteiger partial charge in [0, 0.05) is 61.6 Å². The number of halogens is 1. The Morgan fingerprint density at radius 1 is 0.969 bits per heavy atom. The summed E-state index contributed by atoms with van der Waals surface area (Å²) in [5, 5.41) is 22.9. The number of aliphatic hydroxyl groups is 1. The zero-order valence-electron chi connectivity index (χ0n) is 36.4. The molecule has 6 aromatic rings. The van der Waals surface area contributed by atoms with Crippen molar-refractivity contribution in [3.8, 4) is 5.69 Å². The molecule has 2 aliphatic carbocycles. The molecule has 3 aliphatic rings. The zero-order chi connectivity index (χ0) is 44.8. The van der Waals surface area contributed by atoms with Crippen LogP contribution in [0.4, 0.5) is 17.1 Å². The summed E-state index contributed by atoms with van der Waals surface area (Å²) in [4.78, 5) is 38.5. The largest absolute Gasteiger partial charge is 0.390 e. The number of H-pyrrole nitrogens is 1. The fourth-order valence-corrected chi connectivity index (χ4v) is 10.6. The van der Waals surface area contributed by atoms with Crippen molar-refractivity contribution in [2.75, 3.05) is 49.5 Å². The first-order valence-electron chi connectivity index (χ1n) is 22.0. The van der Waals surface area contributed by atoms with Gasteiger partial charge in [0.2, 0.25) is 0 Å². The first kappa shape index (κ1) is 43.6. The molecule has 2 fully saturated rings. The standard InChI is InChI=1S/C48H54ClN9O5S/c1-47(2)16-14-34(39(27-47)32-4-6-35(49)7-5-32)30-56-20-22-57(23-21-56)36-8-10-38(43(25-36)58-44-24-33-15-19-50-45(33)53-42(44)29-52-58)46(59)55-64(62,63)37-9-11-40(41(26-37)54-61)51-28-31-12-17-48(3,60)18-13-31/h4-11,15,19,24-26,29,31,51,60H,12-14,16-18,20-23,27-28,30H2,1-3H3,(H,50,53)(H,55,59)/t31-,48-. The second-order valence-corrected chi connectivity index (χ2v) is 20.9. The number of anilines is 2. The molecule has 334 valence electrons. The van der Waals surface area contributed by atoms with Crippen LogP contribution in [0, 0.1) is 16.2 Å². The topological polar surface area (TPSA) is 178 Å². The molecule has 0 unspecified atom stereocenters. The summed E-state index contributed by atoms with van der Waals surface area (Å²) >= 11 is 6.26. The zero-order valence-corrected chi connectivity index (χ0v) is 38.0. The number of piperazine rings is 1. The number of benzene rings is 3. The Labute approximate surface area is 378 Å². The molecular formula is C48H54ClN9O5S. The first-order chi connectivity index (χ1) is 30.6. The molecule has 14 nitrogen and oxygen atoms in total. The molecule has 1 saturated heterocycles. The van der Waals surface area contributed by atoms with Gasteiger partial charge in [0.1, 0.15) is 16.9 Å². The van der Waals surface area contributed by atoms with Gasteiger partial charge in [-0.05, 0) is 140 Å². The van der Waals surface area contributed by atoms with Crippen molar-refractivity contribution in [2.24, 2.45) is 16.5 Å². The number of allylic oxidation sites excluding steroid dienone is 1. The molecule has 16 heteroatoms. The van der Waals surface area contributed by atoms with Crippen LogP contribution in [0.3, 0.4) is 0 Å². The molecule has 3 aromatic heterocycles. The summed E-state index contributed by atoms with van der Waals surface area (Å²) in [6.45, 7) is 11.2. The van der Waals surface area contributed by atoms with E-state index in [4.69, 9.17) is 16.6 Å². The van der Waals surface area contributed by atoms with Gasteiger partial charge in [0.05, 0.1) is 39.1 Å². The average molecular weight is 905 g/mol. The normalized spacial score (nSPS) is 20.8. The predicted molar refractivity (Wildman–Crippen MR) is 253 cm³/mol. The van der Waals surface area contributed by atoms with Crippen LogP contribution in [0.1, 0.15) is 81.6 Å². The minimum atomic E-state index is -4.46. The van der Waals surface area contributed by atoms with E-state index in [2.05, 4.69) is 61.1 Å². The molecular weight excluding hydrogens is 850 g/mol. The summed E-state index contributed by atoms with van der Waals surface area (Å²) < 4.78 is 31.6. The Kier molecular flexibility index (Phi) is 11.9. The van der Waals surface area contributed by atoms with Crippen LogP contribution in [-0.2, 0) is 10.0 Å². The molecule has 0 radical (unpaired) electrons. The van der Waals surface area contributed by atoms with Crippen molar-refractivity contribution < 1.29 is 18.3 Å². The Balaban J connectivity index is 0.957. The second-order valence-electron chi connectivity index (χ2n) is 18.8. The highest BCUT2D eigenvalue weighted by atomic mass is 35.5. The summed E-state index contributed by atoms with van der Waals surface area (Å²) in [5.41, 5.74) is 7.31. The third-order valence-electron chi connectivity index (χ3n) is 13.4. The molecule has 1 saturated carbocycles. The lowest BCUT2D eigenvalue weighted by molar-refractivity contribution is 0.00976. The van der Waals surface area contributed by atoms with Crippen molar-refractivity contribution in [3.05, 3.63) is 112 Å². The van der Waals surface area contributed by atoms with Gasteiger partial charge in [-0.2, -0.15) is 5.10 Å². The van der Waals surface area contributed by atoms with Gasteiger partial charge in [-0.15, -0.1) is 4.91 Å². The van der Waals surface area contributed by atoms with Gasteiger partial charge >= 0.3 is 0 Å². The fraction of sp³-hybridized carbons (Fsp3) is 0.396. The number of fused-ring (bicyclic) bond motifs is 2. The van der Waals surface area contributed by atoms with Crippen LogP contribution in [0.2, 0.25) is 5.02 Å². The van der Waals surface area contributed by atoms with E-state index in [0.717, 1.165) is 80.9 Å². The van der Waals surface area contributed by atoms with E-state index >= 15 is 0 Å². The average Bonchev–Trinajstić information content (AvgIpc) is 3.92. The monoisotopic (exact) mass is 903 g/mol. The molecule has 0 bridgehead atoms. The van der Waals surface area contributed by atoms with Crippen LogP contribution in [0.15, 0.2) is 101 Å². The van der Waals surface area contributed by atoms with Crippen LogP contribution < -0.4 is 14.9 Å². The summed E-state index contributed by atoms with van der Waals surface area (Å²) in [7, 11) is -4.46. The van der Waals surface area contributed by atoms with E-state index in [1.165, 1.54) is 34.9 Å². The quantitative estimate of drug-likeness (QED) is 0.0866. The van der Waals surface area contributed by atoms with Crippen molar-refractivity contribution in [1.29, 1.82) is 0 Å². The minimum Gasteiger partial charge on any atom is -0.390 e. The highest BCUT2D eigenvalue weighted by molar-refractivity contribution is 7.90. The maximum absolute atomic E-state index is 14.2. The van der Waals surface area contributed by atoms with E-state index in [0.29, 0.717) is 47.4 Å². The van der Waals surface area contributed by atoms with Gasteiger partial charge < -0.3 is 20.3 Å². The van der Waals surface area contributed by atoms with Crippen LogP contribution >= 0.6 is 11.6 Å². The number of rotatable bonds is 12. The number of hydrogen-bond donors (Lipinski definition) is 4. The lowest BCUT2D eigenvalue weighted by atomic mass is 9.72. The number of hydrogen-bond acceptors (Lipinski definition) is 11. The number of nitroso groups, excluding NO2 is 1. The number of carbonyl (C=O) groups excluding carboxylic acids is 1. The maximum atomic E-state index is 14.2. The van der Waals surface area contributed by atoms with Gasteiger partial charge in [0.25, 0.3) is 15.9 Å². The van der Waals surface area contributed by atoms with E-state index in [1.54, 1.807) is 23.1 Å². The number of aromatic nitrogens is 4. The van der Waals surface area contributed by atoms with Crippen molar-refractivity contribution in [2.45, 2.75) is 76.2 Å². The number of pyridine rings is 1. The number of sulfonamides is 1. The van der Waals surface area contributed by atoms with Crippen molar-refractivity contribution in [3.63, 3.8) is 0 Å². The van der Waals surface area contributed by atoms with E-state index in [-0.39, 0.29) is 27.5 Å². The summed E-state index contributed by atoms with van der Waals surface area (Å²) in [5.74, 6) is -0.571. The minimum absolute atomic E-state index is 0.0868. The second kappa shape index (κ2) is 17.4. The van der Waals surface area contributed by atoms with E-state index < -0.39 is 21.5 Å². The van der Waals surface area contributed by atoms with Crippen molar-refractivity contribution >= 4 is 72.2 Å². The Bertz CT molecular complexity index is 2870. The third kappa shape index (κ3) is 9.30. The van der Waals surface area contributed by atoms with E-state index in [1.807, 2.05) is 43.3 Å². The Hall–Kier alpha value is -5.61. The van der Waals surface area contributed by atoms with Crippen LogP contribution in [0.5, 0.6) is 0 Å². The Morgan fingerprint density at radius 3 is 2.48 bits per heavy atom. The molecule has 4 heterocycles. The van der Waals surface area contributed by atoms with Gasteiger partial charge in [0.15, 0.2) is 0 Å². The molecule has 3 aromatic carbocycles. The highest BCUT2D eigenvalue weighted by Crippen LogP contribution is 2.43. The number of carbonyl (C=O) groups is 1. The molecule has 0 atom stereocenters. The molecule has 64 heavy (non-hydrogen) atoms. The van der Waals surface area contributed by atoms with Crippen molar-refractivity contribution in [1.82, 2.24) is 29.4 Å². The molecule has 1 aliphatic heterocycles. The lowest BCUT2D eigenvalue weighted by Crippen LogP contribution is -2.47. The SMILES string of the molecule is CC1(C)CCC(CN2CCN(c3ccc(C(=O)NS(=O)(=O)c4ccc(NC[C@H]5CC[C@](C)(O)CC5)c(N=O)c4)c(-n4ncc5nc6[nH]ccc6cc54)c3)CC2)=C(c2ccc(Cl)cc2)C1. The molecule has 9 rings (SSSR count). The molecule has 1 amide bonds. The number of amides is 1. The summed E-state index contributed by atoms with van der Waals surface area (Å²) in [6.07, 6.45) is 9.68. The van der Waals surface area contributed by atoms with Gasteiger partial charge in [-0.3, -0.25) is 9.69 Å². The maximum Gasteiger partial charge on any atom is 0.267 e. The first-order valence-corrected chi connectivity index (χ1v) is 23.9. The predicted octanol–water partition coefficient (Wildman–Crippen LogP) is 9.21. The molecule has 4 N–H and O–H groups in total. The van der Waals surface area contributed by atoms with Crippen LogP contribution in [0.25, 0.3) is 33.3 Å². The lowest BCUT2D eigenvalue weighted by Gasteiger charge is -2.39.